The van der Waals surface area contributed by atoms with Crippen molar-refractivity contribution in [1.29, 1.82) is 0 Å². The van der Waals surface area contributed by atoms with Crippen molar-refractivity contribution in [2.24, 2.45) is 11.7 Å². The minimum atomic E-state index is -2.86. The summed E-state index contributed by atoms with van der Waals surface area (Å²) in [6.45, 7) is -1.80. The van der Waals surface area contributed by atoms with Gasteiger partial charge in [-0.2, -0.15) is 8.78 Å². The molecule has 2 fully saturated rings. The highest BCUT2D eigenvalue weighted by molar-refractivity contribution is 5.92. The molecule has 2 unspecified atom stereocenters. The molecule has 0 spiro atoms. The number of hydrogen-bond acceptors (Lipinski definition) is 3. The van der Waals surface area contributed by atoms with E-state index >= 15 is 0 Å². The van der Waals surface area contributed by atoms with E-state index in [0.29, 0.717) is 0 Å². The third-order valence-corrected chi connectivity index (χ3v) is 2.75. The Morgan fingerprint density at radius 3 is 2.28 bits per heavy atom. The quantitative estimate of drug-likeness (QED) is 0.898. The van der Waals surface area contributed by atoms with Gasteiger partial charge in [-0.25, -0.2) is 0 Å². The van der Waals surface area contributed by atoms with Gasteiger partial charge in [0.25, 0.3) is 0 Å². The van der Waals surface area contributed by atoms with Gasteiger partial charge in [0, 0.05) is 11.5 Å². The third kappa shape index (κ3) is 3.40. The summed E-state index contributed by atoms with van der Waals surface area (Å²) in [5, 5.41) is 0. The number of ether oxygens (including phenoxy) is 2. The lowest BCUT2D eigenvalue weighted by atomic mass is 10.2. The SMILES string of the molecule is C1OC2CC12.NC(=O)c1ccc(OC(F)F)cc1. The van der Waals surface area contributed by atoms with Crippen LogP contribution in [0.2, 0.25) is 0 Å². The van der Waals surface area contributed by atoms with E-state index in [0.717, 1.165) is 18.6 Å². The van der Waals surface area contributed by atoms with E-state index in [4.69, 9.17) is 10.5 Å². The van der Waals surface area contributed by atoms with Crippen LogP contribution in [0.4, 0.5) is 8.78 Å². The summed E-state index contributed by atoms with van der Waals surface area (Å²) in [4.78, 5) is 10.6. The molecule has 98 valence electrons. The molecular formula is C12H13F2NO3. The number of carbonyl (C=O) groups excluding carboxylic acids is 1. The van der Waals surface area contributed by atoms with Crippen LogP contribution in [0.15, 0.2) is 24.3 Å². The van der Waals surface area contributed by atoms with Gasteiger partial charge < -0.3 is 15.2 Å². The minimum Gasteiger partial charge on any atom is -0.435 e. The molecule has 1 aromatic carbocycles. The van der Waals surface area contributed by atoms with Crippen LogP contribution in [0.3, 0.4) is 0 Å². The number of alkyl halides is 2. The lowest BCUT2D eigenvalue weighted by molar-refractivity contribution is -0.0498. The summed E-state index contributed by atoms with van der Waals surface area (Å²) < 4.78 is 32.4. The van der Waals surface area contributed by atoms with E-state index in [9.17, 15) is 13.6 Å². The minimum absolute atomic E-state index is 0.000000000000000444. The van der Waals surface area contributed by atoms with Crippen molar-refractivity contribution >= 4 is 5.91 Å². The standard InChI is InChI=1S/C8H7F2NO2.C4H6O/c9-8(10)13-6-3-1-5(2-4-6)7(11)12;1-3-2-5-4(1)3/h1-4,8H,(H2,11,12);3-4H,1-2H2. The van der Waals surface area contributed by atoms with Gasteiger partial charge in [-0.05, 0) is 30.7 Å². The van der Waals surface area contributed by atoms with Gasteiger partial charge in [0.1, 0.15) is 5.75 Å². The van der Waals surface area contributed by atoms with Crippen LogP contribution in [-0.4, -0.2) is 25.2 Å². The van der Waals surface area contributed by atoms with Crippen molar-refractivity contribution in [1.82, 2.24) is 0 Å². The van der Waals surface area contributed by atoms with Crippen molar-refractivity contribution in [2.45, 2.75) is 19.1 Å². The molecule has 2 atom stereocenters. The van der Waals surface area contributed by atoms with Gasteiger partial charge in [0.15, 0.2) is 0 Å². The molecule has 4 nitrogen and oxygen atoms in total. The highest BCUT2D eigenvalue weighted by Crippen LogP contribution is 2.42. The summed E-state index contributed by atoms with van der Waals surface area (Å²) >= 11 is 0. The van der Waals surface area contributed by atoms with E-state index in [1.54, 1.807) is 0 Å². The lowest BCUT2D eigenvalue weighted by Gasteiger charge is -2.08. The van der Waals surface area contributed by atoms with Crippen molar-refractivity contribution in [3.05, 3.63) is 29.8 Å². The first-order valence-corrected chi connectivity index (χ1v) is 5.52. The highest BCUT2D eigenvalue weighted by Gasteiger charge is 2.46. The van der Waals surface area contributed by atoms with Crippen LogP contribution < -0.4 is 10.5 Å². The zero-order chi connectivity index (χ0) is 13.1. The van der Waals surface area contributed by atoms with Gasteiger partial charge in [-0.1, -0.05) is 0 Å². The Morgan fingerprint density at radius 2 is 2.00 bits per heavy atom. The molecule has 18 heavy (non-hydrogen) atoms. The average Bonchev–Trinajstić information content (AvgIpc) is 2.86. The van der Waals surface area contributed by atoms with Crippen LogP contribution in [0, 0.1) is 5.92 Å². The third-order valence-electron chi connectivity index (χ3n) is 2.75. The molecule has 0 bridgehead atoms. The number of primary amides is 1. The van der Waals surface area contributed by atoms with Crippen LogP contribution in [0.25, 0.3) is 0 Å². The number of carbonyl (C=O) groups is 1. The van der Waals surface area contributed by atoms with E-state index < -0.39 is 12.5 Å². The van der Waals surface area contributed by atoms with Crippen LogP contribution >= 0.6 is 0 Å². The largest absolute Gasteiger partial charge is 0.435 e. The molecule has 1 aliphatic carbocycles. The fourth-order valence-electron chi connectivity index (χ4n) is 1.52. The molecule has 3 rings (SSSR count). The first kappa shape index (κ1) is 12.8. The molecule has 6 heteroatoms. The average molecular weight is 257 g/mol. The number of hydrogen-bond donors (Lipinski definition) is 1. The topological polar surface area (TPSA) is 61.5 Å². The van der Waals surface area contributed by atoms with Crippen LogP contribution in [0.5, 0.6) is 5.75 Å². The van der Waals surface area contributed by atoms with Gasteiger partial charge in [0.2, 0.25) is 5.91 Å². The predicted molar refractivity (Wildman–Crippen MR) is 59.4 cm³/mol. The maximum absolute atomic E-state index is 11.7. The van der Waals surface area contributed by atoms with E-state index in [2.05, 4.69) is 4.74 Å². The molecule has 0 radical (unpaired) electrons. The molecular weight excluding hydrogens is 244 g/mol. The summed E-state index contributed by atoms with van der Waals surface area (Å²) in [7, 11) is 0. The number of nitrogens with two attached hydrogens (primary N) is 1. The monoisotopic (exact) mass is 257 g/mol. The first-order valence-electron chi connectivity index (χ1n) is 5.52. The second kappa shape index (κ2) is 5.30. The van der Waals surface area contributed by atoms with Crippen molar-refractivity contribution in [3.8, 4) is 5.75 Å². The van der Waals surface area contributed by atoms with Crippen LogP contribution in [0.1, 0.15) is 16.8 Å². The fraction of sp³-hybridized carbons (Fsp3) is 0.417. The fourth-order valence-corrected chi connectivity index (χ4v) is 1.52. The van der Waals surface area contributed by atoms with Crippen molar-refractivity contribution < 1.29 is 23.0 Å². The maximum Gasteiger partial charge on any atom is 0.387 e. The second-order valence-corrected chi connectivity index (χ2v) is 4.13. The van der Waals surface area contributed by atoms with Gasteiger partial charge in [0.05, 0.1) is 12.7 Å². The number of amides is 1. The molecule has 0 aromatic heterocycles. The molecule has 2 aliphatic rings. The maximum atomic E-state index is 11.7. The Labute approximate surface area is 103 Å². The molecule has 1 aromatic rings. The van der Waals surface area contributed by atoms with Gasteiger partial charge >= 0.3 is 6.61 Å². The number of benzene rings is 1. The van der Waals surface area contributed by atoms with E-state index in [-0.39, 0.29) is 11.3 Å². The smallest absolute Gasteiger partial charge is 0.387 e. The zero-order valence-corrected chi connectivity index (χ0v) is 9.51. The molecule has 1 saturated carbocycles. The normalized spacial score (nSPS) is 23.3. The van der Waals surface area contributed by atoms with E-state index in [1.807, 2.05) is 0 Å². The lowest BCUT2D eigenvalue weighted by Crippen LogP contribution is -2.12. The van der Waals surface area contributed by atoms with Gasteiger partial charge in [-0.3, -0.25) is 4.79 Å². The Bertz CT molecular complexity index is 410. The Kier molecular flexibility index (Phi) is 3.76. The summed E-state index contributed by atoms with van der Waals surface area (Å²) in [5.41, 5.74) is 5.19. The summed E-state index contributed by atoms with van der Waals surface area (Å²) in [6, 6.07) is 5.15. The number of rotatable bonds is 3. The number of halogens is 2. The molecule has 1 heterocycles. The molecule has 1 aliphatic heterocycles. The molecule has 2 N–H and O–H groups in total. The van der Waals surface area contributed by atoms with Crippen molar-refractivity contribution in [2.75, 3.05) is 6.61 Å². The Hall–Kier alpha value is -1.69. The molecule has 1 saturated heterocycles. The highest BCUT2D eigenvalue weighted by atomic mass is 19.3. The van der Waals surface area contributed by atoms with Crippen LogP contribution in [-0.2, 0) is 4.74 Å². The second-order valence-electron chi connectivity index (χ2n) is 4.13. The zero-order valence-electron chi connectivity index (χ0n) is 9.51. The Morgan fingerprint density at radius 1 is 1.39 bits per heavy atom. The molecule has 1 amide bonds. The van der Waals surface area contributed by atoms with Gasteiger partial charge in [-0.15, -0.1) is 0 Å². The van der Waals surface area contributed by atoms with Crippen molar-refractivity contribution in [3.63, 3.8) is 0 Å². The summed E-state index contributed by atoms with van der Waals surface area (Å²) in [6.07, 6.45) is 2.09. The Balaban J connectivity index is 0.000000194. The summed E-state index contributed by atoms with van der Waals surface area (Å²) in [5.74, 6) is 0.401. The first-order chi connectivity index (χ1) is 8.56. The predicted octanol–water partition coefficient (Wildman–Crippen LogP) is 1.79. The number of fused-ring (bicyclic) bond motifs is 1. The van der Waals surface area contributed by atoms with E-state index in [1.165, 1.54) is 30.7 Å².